The van der Waals surface area contributed by atoms with Crippen LogP contribution in [0, 0.1) is 5.92 Å². The van der Waals surface area contributed by atoms with Crippen LogP contribution in [0.2, 0.25) is 0 Å². The minimum Gasteiger partial charge on any atom is -0.357 e. The lowest BCUT2D eigenvalue weighted by molar-refractivity contribution is -0.124. The number of pyridine rings is 1. The molecule has 0 spiro atoms. The Bertz CT molecular complexity index is 439. The van der Waals surface area contributed by atoms with Crippen molar-refractivity contribution in [3.63, 3.8) is 0 Å². The van der Waals surface area contributed by atoms with Crippen molar-refractivity contribution in [1.82, 2.24) is 10.3 Å². The summed E-state index contributed by atoms with van der Waals surface area (Å²) in [6.45, 7) is 4.89. The number of hydrogen-bond acceptors (Lipinski definition) is 4. The molecule has 0 bridgehead atoms. The van der Waals surface area contributed by atoms with Crippen molar-refractivity contribution in [2.75, 3.05) is 24.5 Å². The summed E-state index contributed by atoms with van der Waals surface area (Å²) in [6, 6.07) is 3.99. The molecule has 1 aromatic rings. The number of nitrogens with zero attached hydrogens (tertiary/aromatic N) is 2. The highest BCUT2D eigenvalue weighted by Crippen LogP contribution is 2.18. The summed E-state index contributed by atoms with van der Waals surface area (Å²) in [7, 11) is 0. The molecule has 120 valence electrons. The second-order valence-corrected chi connectivity index (χ2v) is 5.07. The van der Waals surface area contributed by atoms with E-state index in [1.807, 2.05) is 19.2 Å². The van der Waals surface area contributed by atoms with Crippen molar-refractivity contribution in [1.29, 1.82) is 0 Å². The van der Waals surface area contributed by atoms with Crippen LogP contribution in [0.15, 0.2) is 18.3 Å². The Morgan fingerprint density at radius 1 is 1.43 bits per heavy atom. The summed E-state index contributed by atoms with van der Waals surface area (Å²) >= 11 is 0. The van der Waals surface area contributed by atoms with Crippen LogP contribution in [-0.2, 0) is 11.3 Å². The van der Waals surface area contributed by atoms with Crippen molar-refractivity contribution in [2.45, 2.75) is 26.3 Å². The van der Waals surface area contributed by atoms with Crippen LogP contribution in [0.3, 0.4) is 0 Å². The van der Waals surface area contributed by atoms with Gasteiger partial charge in [0.25, 0.3) is 0 Å². The molecule has 21 heavy (non-hydrogen) atoms. The van der Waals surface area contributed by atoms with Gasteiger partial charge in [-0.2, -0.15) is 0 Å². The quantitative estimate of drug-likeness (QED) is 0.860. The number of hydrogen-bond donors (Lipinski definition) is 2. The third kappa shape index (κ3) is 5.69. The van der Waals surface area contributed by atoms with Gasteiger partial charge in [0.05, 0.1) is 0 Å². The molecule has 1 aliphatic heterocycles. The zero-order valence-electron chi connectivity index (χ0n) is 12.2. The fraction of sp³-hybridized carbons (Fsp3) is 0.571. The van der Waals surface area contributed by atoms with Gasteiger partial charge in [-0.3, -0.25) is 4.79 Å². The molecule has 0 aromatic carbocycles. The van der Waals surface area contributed by atoms with E-state index in [9.17, 15) is 4.79 Å². The van der Waals surface area contributed by atoms with Gasteiger partial charge in [0.2, 0.25) is 5.91 Å². The number of nitrogens with one attached hydrogen (secondary N) is 1. The fourth-order valence-electron chi connectivity index (χ4n) is 2.16. The topological polar surface area (TPSA) is 71.2 Å². The summed E-state index contributed by atoms with van der Waals surface area (Å²) in [6.07, 6.45) is 4.27. The summed E-state index contributed by atoms with van der Waals surface area (Å²) < 4.78 is 0. The van der Waals surface area contributed by atoms with Gasteiger partial charge in [0.15, 0.2) is 0 Å². The molecule has 1 unspecified atom stereocenters. The average molecular weight is 335 g/mol. The number of carbonyl (C=O) groups is 1. The maximum atomic E-state index is 11.7. The first-order valence-electron chi connectivity index (χ1n) is 6.88. The van der Waals surface area contributed by atoms with Gasteiger partial charge >= 0.3 is 0 Å². The van der Waals surface area contributed by atoms with Gasteiger partial charge in [-0.05, 0) is 30.5 Å². The number of amides is 1. The van der Waals surface area contributed by atoms with E-state index in [-0.39, 0.29) is 36.6 Å². The minimum absolute atomic E-state index is 0. The molecule has 1 fully saturated rings. The van der Waals surface area contributed by atoms with E-state index in [2.05, 4.69) is 21.3 Å². The third-order valence-electron chi connectivity index (χ3n) is 3.51. The summed E-state index contributed by atoms with van der Waals surface area (Å²) in [5.41, 5.74) is 6.55. The van der Waals surface area contributed by atoms with Crippen LogP contribution in [0.4, 0.5) is 5.82 Å². The van der Waals surface area contributed by atoms with Crippen molar-refractivity contribution >= 4 is 36.5 Å². The lowest BCUT2D eigenvalue weighted by Gasteiger charge is -2.17. The van der Waals surface area contributed by atoms with Crippen LogP contribution in [0.1, 0.15) is 25.3 Å². The van der Waals surface area contributed by atoms with Crippen molar-refractivity contribution in [3.8, 4) is 0 Å². The van der Waals surface area contributed by atoms with E-state index in [0.717, 1.165) is 24.5 Å². The molecular weight excluding hydrogens is 311 g/mol. The largest absolute Gasteiger partial charge is 0.357 e. The molecule has 1 amide bonds. The molecule has 0 saturated carbocycles. The first-order valence-corrected chi connectivity index (χ1v) is 6.88. The van der Waals surface area contributed by atoms with Gasteiger partial charge in [-0.15, -0.1) is 24.8 Å². The first-order chi connectivity index (χ1) is 9.20. The molecule has 3 N–H and O–H groups in total. The van der Waals surface area contributed by atoms with Crippen LogP contribution in [0.5, 0.6) is 0 Å². The number of rotatable bonds is 5. The van der Waals surface area contributed by atoms with Gasteiger partial charge in [0.1, 0.15) is 5.82 Å². The number of anilines is 1. The van der Waals surface area contributed by atoms with Gasteiger partial charge in [-0.25, -0.2) is 4.98 Å². The van der Waals surface area contributed by atoms with E-state index < -0.39 is 0 Å². The van der Waals surface area contributed by atoms with E-state index >= 15 is 0 Å². The Morgan fingerprint density at radius 3 is 2.71 bits per heavy atom. The van der Waals surface area contributed by atoms with Crippen LogP contribution in [0.25, 0.3) is 0 Å². The normalized spacial score (nSPS) is 14.9. The molecule has 0 aliphatic carbocycles. The number of carbonyl (C=O) groups excluding carboxylic acids is 1. The second kappa shape index (κ2) is 9.82. The van der Waals surface area contributed by atoms with Crippen LogP contribution < -0.4 is 16.0 Å². The van der Waals surface area contributed by atoms with E-state index in [1.54, 1.807) is 0 Å². The highest BCUT2D eigenvalue weighted by Gasteiger charge is 2.14. The van der Waals surface area contributed by atoms with Gasteiger partial charge in [-0.1, -0.05) is 6.92 Å². The van der Waals surface area contributed by atoms with E-state index in [0.29, 0.717) is 13.1 Å². The highest BCUT2D eigenvalue weighted by atomic mass is 35.5. The monoisotopic (exact) mass is 334 g/mol. The van der Waals surface area contributed by atoms with E-state index in [1.165, 1.54) is 12.8 Å². The predicted octanol–water partition coefficient (Wildman–Crippen LogP) is 1.74. The standard InChI is InChI=1S/C14H22N4O.2ClH/c1-11(9-15)14(19)17-10-12-4-5-16-13(8-12)18-6-2-3-7-18;;/h4-5,8,11H,2-3,6-7,9-10,15H2,1H3,(H,17,19);2*1H. The lowest BCUT2D eigenvalue weighted by Crippen LogP contribution is -2.32. The third-order valence-corrected chi connectivity index (χ3v) is 3.51. The SMILES string of the molecule is CC(CN)C(=O)NCc1ccnc(N2CCCC2)c1.Cl.Cl. The fourth-order valence-corrected chi connectivity index (χ4v) is 2.16. The molecule has 5 nitrogen and oxygen atoms in total. The molecule has 2 rings (SSSR count). The Labute approximate surface area is 138 Å². The summed E-state index contributed by atoms with van der Waals surface area (Å²) in [5, 5.41) is 2.90. The molecule has 7 heteroatoms. The zero-order valence-corrected chi connectivity index (χ0v) is 13.9. The Hall–Kier alpha value is -1.04. The maximum Gasteiger partial charge on any atom is 0.224 e. The van der Waals surface area contributed by atoms with Crippen molar-refractivity contribution < 1.29 is 4.79 Å². The Balaban J connectivity index is 0.00000200. The number of halogens is 2. The molecule has 2 heterocycles. The molecule has 0 radical (unpaired) electrons. The van der Waals surface area contributed by atoms with Gasteiger partial charge in [0, 0.05) is 38.3 Å². The average Bonchev–Trinajstić information content (AvgIpc) is 2.98. The first kappa shape index (κ1) is 20.0. The molecule has 1 aliphatic rings. The summed E-state index contributed by atoms with van der Waals surface area (Å²) in [4.78, 5) is 18.3. The van der Waals surface area contributed by atoms with Gasteiger partial charge < -0.3 is 16.0 Å². The molecule has 1 atom stereocenters. The smallest absolute Gasteiger partial charge is 0.224 e. The molecule has 1 aromatic heterocycles. The number of aromatic nitrogens is 1. The lowest BCUT2D eigenvalue weighted by atomic mass is 10.1. The molecule has 1 saturated heterocycles. The van der Waals surface area contributed by atoms with Crippen LogP contribution in [-0.4, -0.2) is 30.5 Å². The highest BCUT2D eigenvalue weighted by molar-refractivity contribution is 5.85. The Kier molecular flexibility index (Phi) is 9.33. The maximum absolute atomic E-state index is 11.7. The molecular formula is C14H24Cl2N4O. The van der Waals surface area contributed by atoms with Crippen LogP contribution >= 0.6 is 24.8 Å². The number of nitrogens with two attached hydrogens (primary N) is 1. The van der Waals surface area contributed by atoms with E-state index in [4.69, 9.17) is 5.73 Å². The predicted molar refractivity (Wildman–Crippen MR) is 90.2 cm³/mol. The van der Waals surface area contributed by atoms with Crippen molar-refractivity contribution in [3.05, 3.63) is 23.9 Å². The second-order valence-electron chi connectivity index (χ2n) is 5.07. The Morgan fingerprint density at radius 2 is 2.10 bits per heavy atom. The zero-order chi connectivity index (χ0) is 13.7. The minimum atomic E-state index is -0.139. The van der Waals surface area contributed by atoms with Crippen molar-refractivity contribution in [2.24, 2.45) is 11.7 Å². The summed E-state index contributed by atoms with van der Waals surface area (Å²) in [5.74, 6) is 0.873.